The van der Waals surface area contributed by atoms with Crippen LogP contribution in [0.15, 0.2) is 28.7 Å². The van der Waals surface area contributed by atoms with Crippen molar-refractivity contribution in [2.24, 2.45) is 11.3 Å². The molecule has 3 atom stereocenters. The maximum absolute atomic E-state index is 10.9. The van der Waals surface area contributed by atoms with Gasteiger partial charge in [0.25, 0.3) is 0 Å². The van der Waals surface area contributed by atoms with E-state index in [0.29, 0.717) is 12.3 Å². The first-order valence-corrected chi connectivity index (χ1v) is 7.56. The molecule has 19 heavy (non-hydrogen) atoms. The minimum Gasteiger partial charge on any atom is -0.388 e. The van der Waals surface area contributed by atoms with Gasteiger partial charge in [-0.1, -0.05) is 35.0 Å². The molecule has 0 radical (unpaired) electrons. The molecular formula is C16H20BrNO. The Morgan fingerprint density at radius 2 is 2.11 bits per heavy atom. The highest BCUT2D eigenvalue weighted by Gasteiger charge is 2.51. The number of halogens is 1. The van der Waals surface area contributed by atoms with Crippen LogP contribution in [0.25, 0.3) is 0 Å². The fraction of sp³-hybridized carbons (Fsp3) is 0.562. The van der Waals surface area contributed by atoms with Gasteiger partial charge in [0.1, 0.15) is 0 Å². The second kappa shape index (κ2) is 5.26. The second-order valence-electron chi connectivity index (χ2n) is 6.12. The number of hydrogen-bond donors (Lipinski definition) is 1. The maximum Gasteiger partial charge on any atom is 0.0863 e. The van der Waals surface area contributed by atoms with Gasteiger partial charge >= 0.3 is 0 Å². The van der Waals surface area contributed by atoms with E-state index in [1.54, 1.807) is 0 Å². The molecule has 3 heteroatoms. The molecule has 1 aromatic carbocycles. The maximum atomic E-state index is 10.9. The zero-order valence-corrected chi connectivity index (χ0v) is 13.1. The summed E-state index contributed by atoms with van der Waals surface area (Å²) in [7, 11) is 0. The van der Waals surface area contributed by atoms with Gasteiger partial charge in [-0.05, 0) is 49.8 Å². The standard InChI is InChI=1S/C16H20BrNO/c1-12-7-8-16(9-12,11-18)15(2,19)10-13-3-5-14(17)6-4-13/h3-6,12,19H,7-10H2,1-2H3. The second-order valence-corrected chi connectivity index (χ2v) is 7.03. The zero-order valence-electron chi connectivity index (χ0n) is 11.5. The Hall–Kier alpha value is -0.850. The summed E-state index contributed by atoms with van der Waals surface area (Å²) in [5.41, 5.74) is -0.498. The van der Waals surface area contributed by atoms with E-state index in [1.807, 2.05) is 31.2 Å². The van der Waals surface area contributed by atoms with Gasteiger partial charge in [-0.3, -0.25) is 0 Å². The van der Waals surface area contributed by atoms with Crippen molar-refractivity contribution in [1.82, 2.24) is 0 Å². The van der Waals surface area contributed by atoms with E-state index in [4.69, 9.17) is 0 Å². The van der Waals surface area contributed by atoms with Crippen molar-refractivity contribution in [3.8, 4) is 6.07 Å². The van der Waals surface area contributed by atoms with Gasteiger partial charge in [0.05, 0.1) is 17.1 Å². The summed E-state index contributed by atoms with van der Waals surface area (Å²) in [6, 6.07) is 10.4. The molecule has 2 rings (SSSR count). The van der Waals surface area contributed by atoms with Crippen LogP contribution in [-0.4, -0.2) is 10.7 Å². The fourth-order valence-corrected chi connectivity index (χ4v) is 3.44. The van der Waals surface area contributed by atoms with Crippen LogP contribution >= 0.6 is 15.9 Å². The van der Waals surface area contributed by atoms with E-state index in [9.17, 15) is 10.4 Å². The van der Waals surface area contributed by atoms with Gasteiger partial charge < -0.3 is 5.11 Å². The fourth-order valence-electron chi connectivity index (χ4n) is 3.17. The van der Waals surface area contributed by atoms with Crippen LogP contribution in [0.4, 0.5) is 0 Å². The third-order valence-electron chi connectivity index (χ3n) is 4.47. The molecule has 0 saturated heterocycles. The van der Waals surface area contributed by atoms with Crippen LogP contribution in [-0.2, 0) is 6.42 Å². The highest BCUT2D eigenvalue weighted by molar-refractivity contribution is 9.10. The summed E-state index contributed by atoms with van der Waals surface area (Å²) in [5.74, 6) is 0.524. The van der Waals surface area contributed by atoms with Gasteiger partial charge in [0.15, 0.2) is 0 Å². The molecule has 1 saturated carbocycles. The van der Waals surface area contributed by atoms with Crippen LogP contribution in [0, 0.1) is 22.7 Å². The number of nitrogens with zero attached hydrogens (tertiary/aromatic N) is 1. The van der Waals surface area contributed by atoms with Crippen LogP contribution < -0.4 is 0 Å². The topological polar surface area (TPSA) is 44.0 Å². The van der Waals surface area contributed by atoms with Gasteiger partial charge in [0, 0.05) is 10.9 Å². The quantitative estimate of drug-likeness (QED) is 0.911. The number of benzene rings is 1. The highest BCUT2D eigenvalue weighted by atomic mass is 79.9. The largest absolute Gasteiger partial charge is 0.388 e. The lowest BCUT2D eigenvalue weighted by molar-refractivity contribution is -0.0375. The van der Waals surface area contributed by atoms with Crippen molar-refractivity contribution < 1.29 is 5.11 Å². The lowest BCUT2D eigenvalue weighted by Gasteiger charge is -2.37. The minimum atomic E-state index is -0.972. The number of rotatable bonds is 3. The van der Waals surface area contributed by atoms with Crippen molar-refractivity contribution in [2.45, 2.75) is 45.1 Å². The molecule has 0 heterocycles. The summed E-state index contributed by atoms with van der Waals surface area (Å²) >= 11 is 3.41. The zero-order chi connectivity index (χ0) is 14.1. The Kier molecular flexibility index (Phi) is 4.03. The lowest BCUT2D eigenvalue weighted by Crippen LogP contribution is -2.45. The molecule has 0 spiro atoms. The third-order valence-corrected chi connectivity index (χ3v) is 5.00. The average Bonchev–Trinajstić information content (AvgIpc) is 2.75. The van der Waals surface area contributed by atoms with Crippen LogP contribution in [0.1, 0.15) is 38.7 Å². The summed E-state index contributed by atoms with van der Waals surface area (Å²) in [4.78, 5) is 0. The van der Waals surface area contributed by atoms with Gasteiger partial charge in [-0.2, -0.15) is 5.26 Å². The Bertz CT molecular complexity index is 488. The van der Waals surface area contributed by atoms with Crippen molar-refractivity contribution in [2.75, 3.05) is 0 Å². The molecule has 1 fully saturated rings. The van der Waals surface area contributed by atoms with Gasteiger partial charge in [-0.25, -0.2) is 0 Å². The van der Waals surface area contributed by atoms with Crippen LogP contribution in [0.5, 0.6) is 0 Å². The van der Waals surface area contributed by atoms with E-state index in [1.165, 1.54) is 0 Å². The molecule has 0 aromatic heterocycles. The van der Waals surface area contributed by atoms with Crippen molar-refractivity contribution in [3.05, 3.63) is 34.3 Å². The van der Waals surface area contributed by atoms with Gasteiger partial charge in [0.2, 0.25) is 0 Å². The number of hydrogen-bond acceptors (Lipinski definition) is 2. The molecule has 1 aromatic rings. The molecule has 0 amide bonds. The predicted octanol–water partition coefficient (Wildman–Crippen LogP) is 4.07. The summed E-state index contributed by atoms with van der Waals surface area (Å²) < 4.78 is 1.03. The Morgan fingerprint density at radius 3 is 2.58 bits per heavy atom. The smallest absolute Gasteiger partial charge is 0.0863 e. The minimum absolute atomic E-state index is 0.524. The Morgan fingerprint density at radius 1 is 1.47 bits per heavy atom. The average molecular weight is 322 g/mol. The molecule has 3 unspecified atom stereocenters. The van der Waals surface area contributed by atoms with E-state index in [0.717, 1.165) is 29.3 Å². The van der Waals surface area contributed by atoms with Crippen LogP contribution in [0.3, 0.4) is 0 Å². The lowest BCUT2D eigenvalue weighted by atomic mass is 9.69. The molecule has 0 bridgehead atoms. The number of aliphatic hydroxyl groups is 1. The normalized spacial score (nSPS) is 29.7. The Labute approximate surface area is 123 Å². The monoisotopic (exact) mass is 321 g/mol. The molecule has 1 aliphatic rings. The van der Waals surface area contributed by atoms with E-state index in [-0.39, 0.29) is 0 Å². The first-order chi connectivity index (χ1) is 8.88. The van der Waals surface area contributed by atoms with Crippen molar-refractivity contribution in [1.29, 1.82) is 5.26 Å². The molecule has 102 valence electrons. The molecule has 0 aliphatic heterocycles. The summed E-state index contributed by atoms with van der Waals surface area (Å²) in [5, 5.41) is 20.4. The molecular weight excluding hydrogens is 302 g/mol. The molecule has 1 aliphatic carbocycles. The summed E-state index contributed by atoms with van der Waals surface area (Å²) in [6.07, 6.45) is 3.16. The van der Waals surface area contributed by atoms with Crippen molar-refractivity contribution in [3.63, 3.8) is 0 Å². The first-order valence-electron chi connectivity index (χ1n) is 6.77. The predicted molar refractivity (Wildman–Crippen MR) is 79.5 cm³/mol. The van der Waals surface area contributed by atoms with E-state index < -0.39 is 11.0 Å². The highest BCUT2D eigenvalue weighted by Crippen LogP contribution is 2.49. The van der Waals surface area contributed by atoms with E-state index in [2.05, 4.69) is 28.9 Å². The van der Waals surface area contributed by atoms with Gasteiger partial charge in [-0.15, -0.1) is 0 Å². The Balaban J connectivity index is 2.22. The SMILES string of the molecule is CC1CCC(C#N)(C(C)(O)Cc2ccc(Br)cc2)C1. The summed E-state index contributed by atoms with van der Waals surface area (Å²) in [6.45, 7) is 3.98. The molecule has 1 N–H and O–H groups in total. The number of nitriles is 1. The van der Waals surface area contributed by atoms with Crippen molar-refractivity contribution >= 4 is 15.9 Å². The molecule has 2 nitrogen and oxygen atoms in total. The van der Waals surface area contributed by atoms with Crippen LogP contribution in [0.2, 0.25) is 0 Å². The third kappa shape index (κ3) is 2.85. The first kappa shape index (κ1) is 14.6. The van der Waals surface area contributed by atoms with E-state index >= 15 is 0 Å².